The first-order valence-corrected chi connectivity index (χ1v) is 7.06. The largest absolute Gasteiger partial charge is 0.447 e. The zero-order chi connectivity index (χ0) is 13.2. The maximum Gasteiger partial charge on any atom is 0.414 e. The Bertz CT molecular complexity index is 474. The number of hydrogen-bond donors (Lipinski definition) is 1. The van der Waals surface area contributed by atoms with Crippen LogP contribution in [0.15, 0.2) is 24.3 Å². The molecule has 2 unspecified atom stereocenters. The molecule has 4 nitrogen and oxygen atoms in total. The predicted molar refractivity (Wildman–Crippen MR) is 74.7 cm³/mol. The number of rotatable bonds is 2. The number of carbonyl (C=O) groups is 1. The Morgan fingerprint density at radius 2 is 2.32 bits per heavy atom. The number of carbonyl (C=O) groups excluding carboxylic acids is 1. The number of anilines is 1. The molecule has 2 saturated heterocycles. The second kappa shape index (κ2) is 5.39. The monoisotopic (exact) mass is 280 g/mol. The summed E-state index contributed by atoms with van der Waals surface area (Å²) in [5.41, 5.74) is 0.825. The second-order valence-corrected chi connectivity index (χ2v) is 5.54. The summed E-state index contributed by atoms with van der Waals surface area (Å²) in [5, 5.41) is 4.03. The summed E-state index contributed by atoms with van der Waals surface area (Å²) in [5.74, 6) is 0.444. The molecular formula is C14H17ClN2O2. The fourth-order valence-electron chi connectivity index (χ4n) is 2.91. The van der Waals surface area contributed by atoms with Crippen LogP contribution in [0.1, 0.15) is 12.8 Å². The van der Waals surface area contributed by atoms with Crippen LogP contribution in [0.25, 0.3) is 0 Å². The minimum atomic E-state index is -0.266. The fraction of sp³-hybridized carbons (Fsp3) is 0.500. The maximum absolute atomic E-state index is 12.0. The van der Waals surface area contributed by atoms with E-state index in [9.17, 15) is 4.79 Å². The van der Waals surface area contributed by atoms with Crippen molar-refractivity contribution in [3.63, 3.8) is 0 Å². The van der Waals surface area contributed by atoms with Gasteiger partial charge in [0.2, 0.25) is 0 Å². The third-order valence-electron chi connectivity index (χ3n) is 3.87. The summed E-state index contributed by atoms with van der Waals surface area (Å²) >= 11 is 6.01. The molecule has 1 N–H and O–H groups in total. The molecule has 2 atom stereocenters. The highest BCUT2D eigenvalue weighted by molar-refractivity contribution is 6.30. The van der Waals surface area contributed by atoms with Gasteiger partial charge in [0.1, 0.15) is 6.61 Å². The van der Waals surface area contributed by atoms with Crippen molar-refractivity contribution >= 4 is 23.4 Å². The van der Waals surface area contributed by atoms with Gasteiger partial charge in [-0.1, -0.05) is 17.7 Å². The van der Waals surface area contributed by atoms with E-state index in [2.05, 4.69) is 5.32 Å². The third kappa shape index (κ3) is 2.55. The van der Waals surface area contributed by atoms with Crippen LogP contribution in [0.2, 0.25) is 5.02 Å². The minimum Gasteiger partial charge on any atom is -0.447 e. The van der Waals surface area contributed by atoms with Crippen LogP contribution in [0.3, 0.4) is 0 Å². The molecule has 19 heavy (non-hydrogen) atoms. The summed E-state index contributed by atoms with van der Waals surface area (Å²) < 4.78 is 5.24. The van der Waals surface area contributed by atoms with Gasteiger partial charge in [0.25, 0.3) is 0 Å². The van der Waals surface area contributed by atoms with Gasteiger partial charge >= 0.3 is 6.09 Å². The molecule has 0 aromatic heterocycles. The van der Waals surface area contributed by atoms with E-state index in [1.54, 1.807) is 4.90 Å². The van der Waals surface area contributed by atoms with Crippen molar-refractivity contribution in [3.8, 4) is 0 Å². The van der Waals surface area contributed by atoms with Crippen LogP contribution < -0.4 is 10.2 Å². The SMILES string of the molecule is O=C1OCC(C2CCCNC2)N1c1cccc(Cl)c1. The first-order valence-electron chi connectivity index (χ1n) is 6.68. The van der Waals surface area contributed by atoms with E-state index in [-0.39, 0.29) is 12.1 Å². The van der Waals surface area contributed by atoms with Gasteiger partial charge in [-0.05, 0) is 43.5 Å². The van der Waals surface area contributed by atoms with E-state index >= 15 is 0 Å². The topological polar surface area (TPSA) is 41.6 Å². The molecule has 0 saturated carbocycles. The highest BCUT2D eigenvalue weighted by Crippen LogP contribution is 2.31. The van der Waals surface area contributed by atoms with Crippen molar-refractivity contribution in [3.05, 3.63) is 29.3 Å². The third-order valence-corrected chi connectivity index (χ3v) is 4.11. The number of benzene rings is 1. The van der Waals surface area contributed by atoms with Crippen molar-refractivity contribution in [1.29, 1.82) is 0 Å². The van der Waals surface area contributed by atoms with Crippen LogP contribution in [0.5, 0.6) is 0 Å². The van der Waals surface area contributed by atoms with E-state index in [1.165, 1.54) is 0 Å². The van der Waals surface area contributed by atoms with Gasteiger partial charge < -0.3 is 10.1 Å². The normalized spacial score (nSPS) is 27.4. The first-order chi connectivity index (χ1) is 9.25. The molecule has 102 valence electrons. The van der Waals surface area contributed by atoms with Gasteiger partial charge in [-0.2, -0.15) is 0 Å². The first kappa shape index (κ1) is 12.8. The Morgan fingerprint density at radius 3 is 3.05 bits per heavy atom. The zero-order valence-electron chi connectivity index (χ0n) is 10.6. The molecule has 3 rings (SSSR count). The van der Waals surface area contributed by atoms with Gasteiger partial charge in [-0.15, -0.1) is 0 Å². The van der Waals surface area contributed by atoms with Crippen LogP contribution in [-0.2, 0) is 4.74 Å². The minimum absolute atomic E-state index is 0.110. The molecule has 5 heteroatoms. The summed E-state index contributed by atoms with van der Waals surface area (Å²) in [6.07, 6.45) is 2.02. The standard InChI is InChI=1S/C14H17ClN2O2/c15-11-4-1-5-12(7-11)17-13(9-19-14(17)18)10-3-2-6-16-8-10/h1,4-5,7,10,13,16H,2-3,6,8-9H2. The Labute approximate surface area is 117 Å². The van der Waals surface area contributed by atoms with E-state index < -0.39 is 0 Å². The van der Waals surface area contributed by atoms with Crippen molar-refractivity contribution in [2.45, 2.75) is 18.9 Å². The number of ether oxygens (including phenoxy) is 1. The molecule has 1 aromatic carbocycles. The van der Waals surface area contributed by atoms with E-state index in [4.69, 9.17) is 16.3 Å². The molecule has 2 fully saturated rings. The molecule has 2 aliphatic heterocycles. The number of piperidine rings is 1. The summed E-state index contributed by atoms with van der Waals surface area (Å²) in [6, 6.07) is 7.50. The molecular weight excluding hydrogens is 264 g/mol. The fourth-order valence-corrected chi connectivity index (χ4v) is 3.10. The number of cyclic esters (lactones) is 1. The van der Waals surface area contributed by atoms with Crippen molar-refractivity contribution < 1.29 is 9.53 Å². The molecule has 0 spiro atoms. The molecule has 0 bridgehead atoms. The Balaban J connectivity index is 1.85. The van der Waals surface area contributed by atoms with Gasteiger partial charge in [0, 0.05) is 17.3 Å². The van der Waals surface area contributed by atoms with E-state index in [1.807, 2.05) is 24.3 Å². The number of nitrogens with one attached hydrogen (secondary N) is 1. The average Bonchev–Trinajstić information content (AvgIpc) is 2.82. The molecule has 1 amide bonds. The highest BCUT2D eigenvalue weighted by Gasteiger charge is 2.39. The van der Waals surface area contributed by atoms with Crippen LogP contribution >= 0.6 is 11.6 Å². The summed E-state index contributed by atoms with van der Waals surface area (Å²) in [7, 11) is 0. The molecule has 2 heterocycles. The van der Waals surface area contributed by atoms with Crippen molar-refractivity contribution in [2.24, 2.45) is 5.92 Å². The quantitative estimate of drug-likeness (QED) is 0.906. The van der Waals surface area contributed by atoms with E-state index in [0.29, 0.717) is 17.5 Å². The summed E-state index contributed by atoms with van der Waals surface area (Å²) in [4.78, 5) is 13.7. The maximum atomic E-state index is 12.0. The Kier molecular flexibility index (Phi) is 3.62. The van der Waals surface area contributed by atoms with Gasteiger partial charge in [-0.25, -0.2) is 4.79 Å². The average molecular weight is 281 g/mol. The molecule has 1 aromatic rings. The van der Waals surface area contributed by atoms with Gasteiger partial charge in [0.05, 0.1) is 6.04 Å². The predicted octanol–water partition coefficient (Wildman–Crippen LogP) is 2.66. The number of nitrogens with zero attached hydrogens (tertiary/aromatic N) is 1. The lowest BCUT2D eigenvalue weighted by molar-refractivity contribution is 0.174. The number of hydrogen-bond acceptors (Lipinski definition) is 3. The number of halogens is 1. The van der Waals surface area contributed by atoms with E-state index in [0.717, 1.165) is 31.6 Å². The van der Waals surface area contributed by atoms with Crippen LogP contribution in [0, 0.1) is 5.92 Å². The lowest BCUT2D eigenvalue weighted by Gasteiger charge is -2.32. The summed E-state index contributed by atoms with van der Waals surface area (Å²) in [6.45, 7) is 2.48. The Morgan fingerprint density at radius 1 is 1.42 bits per heavy atom. The zero-order valence-corrected chi connectivity index (χ0v) is 11.4. The Hall–Kier alpha value is -1.26. The smallest absolute Gasteiger partial charge is 0.414 e. The van der Waals surface area contributed by atoms with Gasteiger partial charge in [-0.3, -0.25) is 4.90 Å². The van der Waals surface area contributed by atoms with Crippen LogP contribution in [0.4, 0.5) is 10.5 Å². The second-order valence-electron chi connectivity index (χ2n) is 5.10. The molecule has 0 aliphatic carbocycles. The lowest BCUT2D eigenvalue weighted by atomic mass is 9.91. The molecule has 0 radical (unpaired) electrons. The highest BCUT2D eigenvalue weighted by atomic mass is 35.5. The van der Waals surface area contributed by atoms with Crippen molar-refractivity contribution in [2.75, 3.05) is 24.6 Å². The lowest BCUT2D eigenvalue weighted by Crippen LogP contribution is -2.45. The number of amides is 1. The van der Waals surface area contributed by atoms with Gasteiger partial charge in [0.15, 0.2) is 0 Å². The van der Waals surface area contributed by atoms with Crippen LogP contribution in [-0.4, -0.2) is 31.8 Å². The molecule has 2 aliphatic rings. The van der Waals surface area contributed by atoms with Crippen molar-refractivity contribution in [1.82, 2.24) is 5.32 Å².